The minimum Gasteiger partial charge on any atom is -0.488 e. The van der Waals surface area contributed by atoms with Gasteiger partial charge in [0, 0.05) is 24.5 Å². The zero-order valence-electron chi connectivity index (χ0n) is 17.1. The summed E-state index contributed by atoms with van der Waals surface area (Å²) < 4.78 is 14.9. The molecular formula is C23H23ClN2O4S. The van der Waals surface area contributed by atoms with Crippen LogP contribution < -0.4 is 9.46 Å². The number of hydrogen-bond acceptors (Lipinski definition) is 6. The summed E-state index contributed by atoms with van der Waals surface area (Å²) in [6, 6.07) is 10.7. The molecular weight excluding hydrogens is 436 g/mol. The van der Waals surface area contributed by atoms with Gasteiger partial charge in [0.25, 0.3) is 0 Å². The number of nitrogens with zero attached hydrogens (tertiary/aromatic N) is 1. The van der Waals surface area contributed by atoms with Crippen LogP contribution in [0.2, 0.25) is 5.02 Å². The van der Waals surface area contributed by atoms with Crippen LogP contribution in [0.15, 0.2) is 35.2 Å². The standard InChI is InChI=1S/C23H23ClN2O4S/c1-29-16-5-6-17(10-16)30-21-11-19(24)15(12-25)8-20(21)26-31-22-9-14(23(27)28)4-7-18(22)13-2-3-13/h4,7-9,11,13,16-17,26H,2-3,5-6,10H2,1H3,(H,27,28). The SMILES string of the molecule is COC1CCC(Oc2cc(Cl)c(C#N)cc2NSc2cc(C(=O)O)ccc2C2CC2)C1. The Balaban J connectivity index is 1.58. The quantitative estimate of drug-likeness (QED) is 0.479. The molecule has 6 nitrogen and oxygen atoms in total. The summed E-state index contributed by atoms with van der Waals surface area (Å²) in [5.41, 5.74) is 2.36. The molecule has 0 amide bonds. The zero-order valence-corrected chi connectivity index (χ0v) is 18.6. The minimum absolute atomic E-state index is 0.0110. The van der Waals surface area contributed by atoms with Crippen molar-refractivity contribution < 1.29 is 19.4 Å². The number of carboxylic acid groups (broad SMARTS) is 1. The largest absolute Gasteiger partial charge is 0.488 e. The molecule has 2 N–H and O–H groups in total. The van der Waals surface area contributed by atoms with E-state index in [2.05, 4.69) is 10.8 Å². The van der Waals surface area contributed by atoms with Gasteiger partial charge in [-0.2, -0.15) is 5.26 Å². The van der Waals surface area contributed by atoms with Crippen LogP contribution in [-0.4, -0.2) is 30.4 Å². The average molecular weight is 459 g/mol. The molecule has 0 bridgehead atoms. The van der Waals surface area contributed by atoms with Crippen molar-refractivity contribution in [2.75, 3.05) is 11.8 Å². The number of nitrogens with one attached hydrogen (secondary N) is 1. The molecule has 8 heteroatoms. The second-order valence-electron chi connectivity index (χ2n) is 7.89. The van der Waals surface area contributed by atoms with Crippen molar-refractivity contribution in [3.8, 4) is 11.8 Å². The molecule has 0 aromatic heterocycles. The average Bonchev–Trinajstić information content (AvgIpc) is 3.51. The predicted molar refractivity (Wildman–Crippen MR) is 120 cm³/mol. The van der Waals surface area contributed by atoms with Crippen LogP contribution >= 0.6 is 23.5 Å². The molecule has 162 valence electrons. The number of hydrogen-bond donors (Lipinski definition) is 2. The van der Waals surface area contributed by atoms with Crippen molar-refractivity contribution in [2.24, 2.45) is 0 Å². The van der Waals surface area contributed by atoms with E-state index in [-0.39, 0.29) is 17.8 Å². The van der Waals surface area contributed by atoms with E-state index >= 15 is 0 Å². The zero-order chi connectivity index (χ0) is 22.0. The topological polar surface area (TPSA) is 91.6 Å². The number of carbonyl (C=O) groups is 1. The van der Waals surface area contributed by atoms with E-state index < -0.39 is 5.97 Å². The van der Waals surface area contributed by atoms with Gasteiger partial charge in [-0.05, 0) is 67.3 Å². The van der Waals surface area contributed by atoms with Crippen molar-refractivity contribution in [1.82, 2.24) is 0 Å². The van der Waals surface area contributed by atoms with Crippen LogP contribution in [0.5, 0.6) is 5.75 Å². The monoisotopic (exact) mass is 458 g/mol. The number of halogens is 1. The van der Waals surface area contributed by atoms with E-state index in [0.717, 1.165) is 42.6 Å². The van der Waals surface area contributed by atoms with E-state index in [9.17, 15) is 15.2 Å². The Morgan fingerprint density at radius 3 is 2.65 bits per heavy atom. The van der Waals surface area contributed by atoms with E-state index in [1.54, 1.807) is 31.4 Å². The predicted octanol–water partition coefficient (Wildman–Crippen LogP) is 5.85. The van der Waals surface area contributed by atoms with Crippen LogP contribution in [0, 0.1) is 11.3 Å². The Hall–Kier alpha value is -2.40. The molecule has 2 unspecified atom stereocenters. The molecule has 2 aliphatic rings. The second-order valence-corrected chi connectivity index (χ2v) is 9.14. The Morgan fingerprint density at radius 1 is 1.23 bits per heavy atom. The first-order valence-corrected chi connectivity index (χ1v) is 11.4. The van der Waals surface area contributed by atoms with Gasteiger partial charge in [0.05, 0.1) is 27.9 Å². The van der Waals surface area contributed by atoms with Crippen LogP contribution in [0.3, 0.4) is 0 Å². The molecule has 31 heavy (non-hydrogen) atoms. The first kappa shape index (κ1) is 21.8. The normalized spacial score (nSPS) is 20.3. The van der Waals surface area contributed by atoms with Gasteiger partial charge in [0.2, 0.25) is 0 Å². The van der Waals surface area contributed by atoms with Gasteiger partial charge >= 0.3 is 5.97 Å². The van der Waals surface area contributed by atoms with Crippen LogP contribution in [0.4, 0.5) is 5.69 Å². The van der Waals surface area contributed by atoms with Crippen molar-refractivity contribution >= 4 is 35.2 Å². The van der Waals surface area contributed by atoms with Gasteiger partial charge in [0.15, 0.2) is 0 Å². The summed E-state index contributed by atoms with van der Waals surface area (Å²) in [6.45, 7) is 0. The lowest BCUT2D eigenvalue weighted by Gasteiger charge is -2.19. The van der Waals surface area contributed by atoms with Crippen LogP contribution in [0.25, 0.3) is 0 Å². The smallest absolute Gasteiger partial charge is 0.335 e. The molecule has 2 saturated carbocycles. The number of nitriles is 1. The van der Waals surface area contributed by atoms with Crippen molar-refractivity contribution in [3.63, 3.8) is 0 Å². The highest BCUT2D eigenvalue weighted by Gasteiger charge is 2.28. The van der Waals surface area contributed by atoms with E-state index in [0.29, 0.717) is 27.9 Å². The van der Waals surface area contributed by atoms with Gasteiger partial charge in [-0.15, -0.1) is 0 Å². The first-order chi connectivity index (χ1) is 15.0. The molecule has 0 spiro atoms. The molecule has 2 fully saturated rings. The summed E-state index contributed by atoms with van der Waals surface area (Å²) in [5.74, 6) is 0.0771. The minimum atomic E-state index is -0.958. The Morgan fingerprint density at radius 2 is 2.00 bits per heavy atom. The summed E-state index contributed by atoms with van der Waals surface area (Å²) in [5, 5.41) is 19.1. The van der Waals surface area contributed by atoms with Crippen molar-refractivity contribution in [1.29, 1.82) is 5.26 Å². The first-order valence-electron chi connectivity index (χ1n) is 10.2. The molecule has 2 aromatic rings. The molecule has 0 radical (unpaired) electrons. The number of carboxylic acids is 1. The number of aromatic carboxylic acids is 1. The lowest BCUT2D eigenvalue weighted by molar-refractivity contribution is 0.0696. The third-order valence-electron chi connectivity index (χ3n) is 5.70. The molecule has 4 rings (SSSR count). The van der Waals surface area contributed by atoms with Gasteiger partial charge in [-0.3, -0.25) is 0 Å². The van der Waals surface area contributed by atoms with E-state index in [1.165, 1.54) is 11.9 Å². The van der Waals surface area contributed by atoms with Crippen LogP contribution in [-0.2, 0) is 4.74 Å². The maximum atomic E-state index is 11.4. The third kappa shape index (κ3) is 5.09. The molecule has 2 aromatic carbocycles. The van der Waals surface area contributed by atoms with Crippen molar-refractivity contribution in [2.45, 2.75) is 55.1 Å². The van der Waals surface area contributed by atoms with Crippen LogP contribution in [0.1, 0.15) is 59.5 Å². The van der Waals surface area contributed by atoms with Gasteiger partial charge < -0.3 is 19.3 Å². The van der Waals surface area contributed by atoms with Crippen molar-refractivity contribution in [3.05, 3.63) is 52.0 Å². The molecule has 0 aliphatic heterocycles. The maximum Gasteiger partial charge on any atom is 0.335 e. The summed E-state index contributed by atoms with van der Waals surface area (Å²) in [6.07, 6.45) is 5.03. The fraction of sp³-hybridized carbons (Fsp3) is 0.391. The lowest BCUT2D eigenvalue weighted by Crippen LogP contribution is -2.15. The molecule has 2 atom stereocenters. The number of ether oxygens (including phenoxy) is 2. The van der Waals surface area contributed by atoms with Gasteiger partial charge in [0.1, 0.15) is 17.9 Å². The number of methoxy groups -OCH3 is 1. The lowest BCUT2D eigenvalue weighted by atomic mass is 10.1. The second kappa shape index (κ2) is 9.39. The highest BCUT2D eigenvalue weighted by Crippen LogP contribution is 2.45. The third-order valence-corrected chi connectivity index (χ3v) is 6.91. The number of anilines is 1. The molecule has 0 heterocycles. The Kier molecular flexibility index (Phi) is 6.61. The fourth-order valence-corrected chi connectivity index (χ4v) is 4.93. The van der Waals surface area contributed by atoms with Gasteiger partial charge in [-0.25, -0.2) is 4.79 Å². The van der Waals surface area contributed by atoms with E-state index in [1.807, 2.05) is 6.07 Å². The molecule has 2 aliphatic carbocycles. The summed E-state index contributed by atoms with van der Waals surface area (Å²) in [7, 11) is 1.71. The number of benzene rings is 2. The Labute approximate surface area is 190 Å². The highest BCUT2D eigenvalue weighted by molar-refractivity contribution is 8.00. The summed E-state index contributed by atoms with van der Waals surface area (Å²) >= 11 is 7.60. The van der Waals surface area contributed by atoms with E-state index in [4.69, 9.17) is 21.1 Å². The summed E-state index contributed by atoms with van der Waals surface area (Å²) in [4.78, 5) is 12.3. The fourth-order valence-electron chi connectivity index (χ4n) is 3.82. The molecule has 0 saturated heterocycles. The highest BCUT2D eigenvalue weighted by atomic mass is 35.5. The van der Waals surface area contributed by atoms with Gasteiger partial charge in [-0.1, -0.05) is 17.7 Å². The number of rotatable bonds is 8. The Bertz CT molecular complexity index is 1030. The maximum absolute atomic E-state index is 11.4.